The Hall–Kier alpha value is -2.78. The zero-order valence-electron chi connectivity index (χ0n) is 20.0. The molecule has 8 heteroatoms. The van der Waals surface area contributed by atoms with Gasteiger partial charge in [0.15, 0.2) is 5.76 Å². The Labute approximate surface area is 205 Å². The molecule has 0 bridgehead atoms. The van der Waals surface area contributed by atoms with E-state index in [4.69, 9.17) is 24.1 Å². The third-order valence-corrected chi connectivity index (χ3v) is 5.69. The van der Waals surface area contributed by atoms with Crippen molar-refractivity contribution in [1.82, 2.24) is 5.32 Å². The molecular weight excluding hydrogens is 453 g/mol. The van der Waals surface area contributed by atoms with Crippen molar-refractivity contribution in [2.75, 3.05) is 39.6 Å². The van der Waals surface area contributed by atoms with Crippen molar-refractivity contribution in [3.8, 4) is 0 Å². The first kappa shape index (κ1) is 26.8. The lowest BCUT2D eigenvalue weighted by molar-refractivity contribution is -0.168. The van der Waals surface area contributed by atoms with E-state index < -0.39 is 6.29 Å². The second kappa shape index (κ2) is 14.6. The zero-order chi connectivity index (χ0) is 24.9. The molecule has 0 fully saturated rings. The Morgan fingerprint density at radius 3 is 2.43 bits per heavy atom. The molecule has 0 saturated heterocycles. The van der Waals surface area contributed by atoms with Crippen LogP contribution in [0.4, 0.5) is 4.39 Å². The van der Waals surface area contributed by atoms with E-state index in [0.717, 1.165) is 11.1 Å². The number of halogens is 1. The van der Waals surface area contributed by atoms with Gasteiger partial charge in [-0.05, 0) is 42.7 Å². The molecule has 2 aromatic carbocycles. The van der Waals surface area contributed by atoms with E-state index in [-0.39, 0.29) is 42.5 Å². The van der Waals surface area contributed by atoms with Gasteiger partial charge in [-0.15, -0.1) is 0 Å². The molecule has 0 radical (unpaired) electrons. The lowest BCUT2D eigenvalue weighted by Crippen LogP contribution is -2.39. The number of allylic oxidation sites excluding steroid dienone is 1. The van der Waals surface area contributed by atoms with Gasteiger partial charge in [-0.3, -0.25) is 4.79 Å². The highest BCUT2D eigenvalue weighted by Crippen LogP contribution is 2.38. The number of aliphatic hydroxyl groups is 1. The fourth-order valence-corrected chi connectivity index (χ4v) is 3.97. The van der Waals surface area contributed by atoms with Crippen molar-refractivity contribution in [1.29, 1.82) is 0 Å². The zero-order valence-corrected chi connectivity index (χ0v) is 20.0. The first-order valence-corrected chi connectivity index (χ1v) is 12.0. The molecule has 0 spiro atoms. The van der Waals surface area contributed by atoms with Crippen LogP contribution >= 0.6 is 0 Å². The Balaban J connectivity index is 1.70. The average molecular weight is 488 g/mol. The first-order chi connectivity index (χ1) is 17.1. The molecule has 0 aliphatic carbocycles. The molecule has 0 saturated carbocycles. The monoisotopic (exact) mass is 487 g/mol. The van der Waals surface area contributed by atoms with Gasteiger partial charge in [0.1, 0.15) is 5.82 Å². The summed E-state index contributed by atoms with van der Waals surface area (Å²) < 4.78 is 36.1. The lowest BCUT2D eigenvalue weighted by Gasteiger charge is -2.37. The molecule has 7 nitrogen and oxygen atoms in total. The highest BCUT2D eigenvalue weighted by Gasteiger charge is 2.37. The van der Waals surface area contributed by atoms with Gasteiger partial charge in [-0.1, -0.05) is 42.5 Å². The summed E-state index contributed by atoms with van der Waals surface area (Å²) in [5.41, 5.74) is 1.84. The van der Waals surface area contributed by atoms with Crippen LogP contribution in [0.5, 0.6) is 0 Å². The second-order valence-electron chi connectivity index (χ2n) is 8.12. The number of carbonyl (C=O) groups excluding carboxylic acids is 1. The number of amides is 1. The summed E-state index contributed by atoms with van der Waals surface area (Å²) in [7, 11) is 0. The quantitative estimate of drug-likeness (QED) is 0.397. The van der Waals surface area contributed by atoms with Crippen LogP contribution < -0.4 is 5.32 Å². The molecule has 1 amide bonds. The molecule has 2 aromatic rings. The minimum atomic E-state index is -0.615. The van der Waals surface area contributed by atoms with Crippen molar-refractivity contribution in [3.05, 3.63) is 83.4 Å². The fraction of sp³-hybridized carbons (Fsp3) is 0.444. The maximum Gasteiger partial charge on any atom is 0.286 e. The predicted molar refractivity (Wildman–Crippen MR) is 129 cm³/mol. The number of benzene rings is 2. The van der Waals surface area contributed by atoms with E-state index in [2.05, 4.69) is 5.32 Å². The maximum absolute atomic E-state index is 13.2. The van der Waals surface area contributed by atoms with Crippen molar-refractivity contribution in [2.45, 2.75) is 32.1 Å². The molecule has 1 aliphatic rings. The van der Waals surface area contributed by atoms with Gasteiger partial charge in [0.2, 0.25) is 6.29 Å². The van der Waals surface area contributed by atoms with E-state index in [1.54, 1.807) is 12.1 Å². The summed E-state index contributed by atoms with van der Waals surface area (Å²) in [5.74, 6) is -0.646. The molecule has 3 atom stereocenters. The highest BCUT2D eigenvalue weighted by atomic mass is 19.1. The molecule has 35 heavy (non-hydrogen) atoms. The highest BCUT2D eigenvalue weighted by molar-refractivity contribution is 5.91. The third kappa shape index (κ3) is 8.43. The van der Waals surface area contributed by atoms with E-state index in [1.165, 1.54) is 12.1 Å². The third-order valence-electron chi connectivity index (χ3n) is 5.69. The molecule has 3 unspecified atom stereocenters. The van der Waals surface area contributed by atoms with Crippen LogP contribution in [0.25, 0.3) is 0 Å². The van der Waals surface area contributed by atoms with Crippen LogP contribution in [0.3, 0.4) is 0 Å². The normalized spacial score (nSPS) is 19.6. The van der Waals surface area contributed by atoms with Gasteiger partial charge in [-0.25, -0.2) is 4.39 Å². The molecule has 2 N–H and O–H groups in total. The van der Waals surface area contributed by atoms with Crippen molar-refractivity contribution >= 4 is 5.91 Å². The van der Waals surface area contributed by atoms with Gasteiger partial charge in [0.25, 0.3) is 5.91 Å². The summed E-state index contributed by atoms with van der Waals surface area (Å²) in [6.07, 6.45) is 1.89. The Kier molecular flexibility index (Phi) is 11.2. The Morgan fingerprint density at radius 2 is 1.74 bits per heavy atom. The van der Waals surface area contributed by atoms with Crippen LogP contribution in [0.15, 0.2) is 66.4 Å². The number of hydrogen-bond donors (Lipinski definition) is 2. The standard InChI is InChI=1S/C27H34FNO6/c1-2-34-27-23(12-14-32-16-17-33-15-13-30)24(21-6-4-3-5-7-21)18-25(35-27)26(31)29-19-20-8-10-22(28)11-9-20/h3-11,18,23-24,27,30H,2,12-17,19H2,1H3,(H,29,31). The first-order valence-electron chi connectivity index (χ1n) is 12.0. The fourth-order valence-electron chi connectivity index (χ4n) is 3.97. The topological polar surface area (TPSA) is 86.3 Å². The summed E-state index contributed by atoms with van der Waals surface area (Å²) in [5, 5.41) is 11.6. The van der Waals surface area contributed by atoms with E-state index in [9.17, 15) is 9.18 Å². The van der Waals surface area contributed by atoms with Gasteiger partial charge < -0.3 is 29.4 Å². The minimum absolute atomic E-state index is 0.0135. The van der Waals surface area contributed by atoms with Crippen LogP contribution in [-0.4, -0.2) is 56.9 Å². The molecule has 1 heterocycles. The summed E-state index contributed by atoms with van der Waals surface area (Å²) in [6, 6.07) is 15.9. The minimum Gasteiger partial charge on any atom is -0.459 e. The Bertz CT molecular complexity index is 921. The number of ether oxygens (including phenoxy) is 4. The summed E-state index contributed by atoms with van der Waals surface area (Å²) >= 11 is 0. The van der Waals surface area contributed by atoms with Gasteiger partial charge in [-0.2, -0.15) is 0 Å². The lowest BCUT2D eigenvalue weighted by atomic mass is 9.81. The van der Waals surface area contributed by atoms with Crippen molar-refractivity contribution in [2.24, 2.45) is 5.92 Å². The van der Waals surface area contributed by atoms with Crippen LogP contribution in [0.1, 0.15) is 30.4 Å². The molecular formula is C27H34FNO6. The summed E-state index contributed by atoms with van der Waals surface area (Å²) in [4.78, 5) is 13.0. The number of nitrogens with one attached hydrogen (secondary N) is 1. The average Bonchev–Trinajstić information content (AvgIpc) is 2.88. The van der Waals surface area contributed by atoms with Crippen molar-refractivity contribution < 1.29 is 33.2 Å². The van der Waals surface area contributed by atoms with Gasteiger partial charge in [0, 0.05) is 31.6 Å². The predicted octanol–water partition coefficient (Wildman–Crippen LogP) is 3.53. The van der Waals surface area contributed by atoms with Gasteiger partial charge in [0.05, 0.1) is 26.4 Å². The Morgan fingerprint density at radius 1 is 1.03 bits per heavy atom. The number of aliphatic hydroxyl groups excluding tert-OH is 1. The maximum atomic E-state index is 13.2. The van der Waals surface area contributed by atoms with Crippen molar-refractivity contribution in [3.63, 3.8) is 0 Å². The molecule has 0 aromatic heterocycles. The second-order valence-corrected chi connectivity index (χ2v) is 8.12. The summed E-state index contributed by atoms with van der Waals surface area (Å²) in [6.45, 7) is 4.17. The van der Waals surface area contributed by atoms with Crippen LogP contribution in [0.2, 0.25) is 0 Å². The van der Waals surface area contributed by atoms with Gasteiger partial charge >= 0.3 is 0 Å². The molecule has 3 rings (SSSR count). The van der Waals surface area contributed by atoms with E-state index in [1.807, 2.05) is 43.3 Å². The van der Waals surface area contributed by atoms with E-state index >= 15 is 0 Å². The SMILES string of the molecule is CCOC1OC(C(=O)NCc2ccc(F)cc2)=CC(c2ccccc2)C1CCOCCOCCO. The number of rotatable bonds is 14. The number of carbonyl (C=O) groups is 1. The molecule has 1 aliphatic heterocycles. The van der Waals surface area contributed by atoms with E-state index in [0.29, 0.717) is 39.5 Å². The molecule has 190 valence electrons. The largest absolute Gasteiger partial charge is 0.459 e. The van der Waals surface area contributed by atoms with Crippen LogP contribution in [0, 0.1) is 11.7 Å². The number of hydrogen-bond acceptors (Lipinski definition) is 6. The van der Waals surface area contributed by atoms with Crippen LogP contribution in [-0.2, 0) is 30.3 Å². The smallest absolute Gasteiger partial charge is 0.286 e.